The van der Waals surface area contributed by atoms with E-state index in [0.717, 1.165) is 11.3 Å². The standard InChI is InChI=1S/C11H17N/c1-6-9(2)7-8-10(3)11(4)12-5/h6-8,12H,3-4H2,1-2,5H3/b8-7-,9-6-. The normalized spacial score (nSPS) is 11.8. The third-order valence-corrected chi connectivity index (χ3v) is 1.69. The van der Waals surface area contributed by atoms with Crippen molar-refractivity contribution in [2.24, 2.45) is 0 Å². The molecule has 0 aromatic carbocycles. The second-order valence-corrected chi connectivity index (χ2v) is 2.62. The van der Waals surface area contributed by atoms with Crippen molar-refractivity contribution in [2.75, 3.05) is 7.05 Å². The largest absolute Gasteiger partial charge is 0.388 e. The predicted molar refractivity (Wildman–Crippen MR) is 55.9 cm³/mol. The summed E-state index contributed by atoms with van der Waals surface area (Å²) in [6, 6.07) is 0. The Morgan fingerprint density at radius 1 is 1.25 bits per heavy atom. The molecule has 0 aliphatic heterocycles. The molecule has 0 rings (SSSR count). The Labute approximate surface area is 75.2 Å². The van der Waals surface area contributed by atoms with Crippen LogP contribution in [0.2, 0.25) is 0 Å². The van der Waals surface area contributed by atoms with Crippen molar-refractivity contribution in [3.63, 3.8) is 0 Å². The van der Waals surface area contributed by atoms with E-state index in [0.29, 0.717) is 0 Å². The quantitative estimate of drug-likeness (QED) is 0.628. The topological polar surface area (TPSA) is 12.0 Å². The number of hydrogen-bond donors (Lipinski definition) is 1. The Hall–Kier alpha value is -1.24. The summed E-state index contributed by atoms with van der Waals surface area (Å²) in [5, 5.41) is 2.94. The molecule has 0 amide bonds. The van der Waals surface area contributed by atoms with E-state index in [9.17, 15) is 0 Å². The highest BCUT2D eigenvalue weighted by Crippen LogP contribution is 2.04. The van der Waals surface area contributed by atoms with Gasteiger partial charge in [0.15, 0.2) is 0 Å². The van der Waals surface area contributed by atoms with Crippen LogP contribution in [0.1, 0.15) is 13.8 Å². The Bertz CT molecular complexity index is 231. The van der Waals surface area contributed by atoms with Gasteiger partial charge >= 0.3 is 0 Å². The summed E-state index contributed by atoms with van der Waals surface area (Å²) in [7, 11) is 1.84. The molecule has 1 nitrogen and oxygen atoms in total. The zero-order valence-electron chi connectivity index (χ0n) is 8.15. The van der Waals surface area contributed by atoms with Gasteiger partial charge in [-0.2, -0.15) is 0 Å². The van der Waals surface area contributed by atoms with Gasteiger partial charge in [-0.3, -0.25) is 0 Å². The molecule has 0 unspecified atom stereocenters. The molecule has 66 valence electrons. The molecule has 12 heavy (non-hydrogen) atoms. The average Bonchev–Trinajstić information content (AvgIpc) is 2.11. The van der Waals surface area contributed by atoms with E-state index in [-0.39, 0.29) is 0 Å². The molecule has 0 saturated heterocycles. The Morgan fingerprint density at radius 3 is 2.25 bits per heavy atom. The SMILES string of the molecule is C=C(/C=C\C(C)=C/C)C(=C)NC. The maximum Gasteiger partial charge on any atom is 0.0332 e. The van der Waals surface area contributed by atoms with Crippen LogP contribution in [-0.2, 0) is 0 Å². The minimum atomic E-state index is 0.857. The number of allylic oxidation sites excluding steroid dienone is 4. The van der Waals surface area contributed by atoms with Crippen LogP contribution in [0.4, 0.5) is 0 Å². The Kier molecular flexibility index (Phi) is 4.86. The lowest BCUT2D eigenvalue weighted by Gasteiger charge is -2.02. The van der Waals surface area contributed by atoms with Crippen LogP contribution in [0.5, 0.6) is 0 Å². The molecule has 0 atom stereocenters. The lowest BCUT2D eigenvalue weighted by molar-refractivity contribution is 1.02. The molecule has 0 saturated carbocycles. The van der Waals surface area contributed by atoms with Crippen molar-refractivity contribution in [3.05, 3.63) is 48.2 Å². The molecule has 0 heterocycles. The Morgan fingerprint density at radius 2 is 1.83 bits per heavy atom. The summed E-state index contributed by atoms with van der Waals surface area (Å²) in [6.45, 7) is 11.7. The van der Waals surface area contributed by atoms with E-state index in [1.54, 1.807) is 0 Å². The van der Waals surface area contributed by atoms with E-state index in [1.807, 2.05) is 39.1 Å². The number of rotatable bonds is 4. The van der Waals surface area contributed by atoms with Gasteiger partial charge in [0.25, 0.3) is 0 Å². The zero-order valence-corrected chi connectivity index (χ0v) is 8.15. The smallest absolute Gasteiger partial charge is 0.0332 e. The second kappa shape index (κ2) is 5.42. The van der Waals surface area contributed by atoms with Crippen molar-refractivity contribution in [3.8, 4) is 0 Å². The van der Waals surface area contributed by atoms with E-state index < -0.39 is 0 Å². The fourth-order valence-corrected chi connectivity index (χ4v) is 0.589. The van der Waals surface area contributed by atoms with Crippen LogP contribution in [0.3, 0.4) is 0 Å². The molecule has 0 fully saturated rings. The summed E-state index contributed by atoms with van der Waals surface area (Å²) in [5.74, 6) is 0. The van der Waals surface area contributed by atoms with E-state index in [2.05, 4.69) is 18.5 Å². The molecular formula is C11H17N. The van der Waals surface area contributed by atoms with E-state index in [1.165, 1.54) is 5.57 Å². The summed E-state index contributed by atoms with van der Waals surface area (Å²) >= 11 is 0. The molecule has 0 aliphatic rings. The lowest BCUT2D eigenvalue weighted by Crippen LogP contribution is -2.04. The fraction of sp³-hybridized carbons (Fsp3) is 0.273. The first-order valence-corrected chi connectivity index (χ1v) is 3.98. The first-order chi connectivity index (χ1) is 5.61. The molecule has 0 bridgehead atoms. The van der Waals surface area contributed by atoms with Crippen molar-refractivity contribution in [1.29, 1.82) is 0 Å². The first kappa shape index (κ1) is 10.8. The monoisotopic (exact) mass is 163 g/mol. The minimum Gasteiger partial charge on any atom is -0.388 e. The molecule has 0 aromatic heterocycles. The minimum absolute atomic E-state index is 0.857. The highest BCUT2D eigenvalue weighted by Gasteiger charge is 1.90. The third kappa shape index (κ3) is 3.81. The number of hydrogen-bond acceptors (Lipinski definition) is 1. The van der Waals surface area contributed by atoms with Crippen LogP contribution >= 0.6 is 0 Å². The third-order valence-electron chi connectivity index (χ3n) is 1.69. The van der Waals surface area contributed by atoms with Gasteiger partial charge in [0, 0.05) is 12.7 Å². The van der Waals surface area contributed by atoms with Gasteiger partial charge in [-0.05, 0) is 19.4 Å². The van der Waals surface area contributed by atoms with Crippen LogP contribution in [0.15, 0.2) is 48.2 Å². The van der Waals surface area contributed by atoms with Crippen molar-refractivity contribution in [1.82, 2.24) is 5.32 Å². The van der Waals surface area contributed by atoms with Crippen LogP contribution in [0.25, 0.3) is 0 Å². The first-order valence-electron chi connectivity index (χ1n) is 3.98. The van der Waals surface area contributed by atoms with Crippen LogP contribution in [0, 0.1) is 0 Å². The van der Waals surface area contributed by atoms with Gasteiger partial charge in [-0.15, -0.1) is 0 Å². The van der Waals surface area contributed by atoms with E-state index in [4.69, 9.17) is 0 Å². The second-order valence-electron chi connectivity index (χ2n) is 2.62. The van der Waals surface area contributed by atoms with Gasteiger partial charge in [0.05, 0.1) is 0 Å². The summed E-state index contributed by atoms with van der Waals surface area (Å²) in [6.07, 6.45) is 6.02. The summed E-state index contributed by atoms with van der Waals surface area (Å²) < 4.78 is 0. The Balaban J connectivity index is 4.18. The van der Waals surface area contributed by atoms with Crippen molar-refractivity contribution in [2.45, 2.75) is 13.8 Å². The molecule has 0 spiro atoms. The predicted octanol–water partition coefficient (Wildman–Crippen LogP) is 2.80. The summed E-state index contributed by atoms with van der Waals surface area (Å²) in [4.78, 5) is 0. The fourth-order valence-electron chi connectivity index (χ4n) is 0.589. The molecule has 1 heteroatoms. The van der Waals surface area contributed by atoms with E-state index >= 15 is 0 Å². The highest BCUT2D eigenvalue weighted by atomic mass is 14.8. The maximum absolute atomic E-state index is 3.86. The van der Waals surface area contributed by atoms with Gasteiger partial charge in [-0.1, -0.05) is 37.0 Å². The van der Waals surface area contributed by atoms with Gasteiger partial charge in [0.2, 0.25) is 0 Å². The van der Waals surface area contributed by atoms with Crippen LogP contribution in [-0.4, -0.2) is 7.05 Å². The van der Waals surface area contributed by atoms with Gasteiger partial charge in [-0.25, -0.2) is 0 Å². The molecule has 0 aromatic rings. The zero-order chi connectivity index (χ0) is 9.56. The maximum atomic E-state index is 3.86. The number of likely N-dealkylation sites (N-methyl/N-ethyl adjacent to an activating group) is 1. The van der Waals surface area contributed by atoms with Gasteiger partial charge < -0.3 is 5.32 Å². The molecule has 1 N–H and O–H groups in total. The lowest BCUT2D eigenvalue weighted by atomic mass is 10.2. The van der Waals surface area contributed by atoms with Crippen molar-refractivity contribution >= 4 is 0 Å². The van der Waals surface area contributed by atoms with Crippen molar-refractivity contribution < 1.29 is 0 Å². The average molecular weight is 163 g/mol. The molecular weight excluding hydrogens is 146 g/mol. The summed E-state index contributed by atoms with van der Waals surface area (Å²) in [5.41, 5.74) is 2.99. The molecule has 0 aliphatic carbocycles. The van der Waals surface area contributed by atoms with Crippen LogP contribution < -0.4 is 5.32 Å². The molecule has 0 radical (unpaired) electrons. The number of nitrogens with one attached hydrogen (secondary N) is 1. The van der Waals surface area contributed by atoms with Gasteiger partial charge in [0.1, 0.15) is 0 Å². The highest BCUT2D eigenvalue weighted by molar-refractivity contribution is 5.36.